The Hall–Kier alpha value is -2.73. The second-order valence-corrected chi connectivity index (χ2v) is 5.74. The SMILES string of the molecule is COc1ccc(CNCCC(=O)NCc2ccc3c(c2)OCO3)cc1. The van der Waals surface area contributed by atoms with E-state index in [1.54, 1.807) is 7.11 Å². The van der Waals surface area contributed by atoms with Gasteiger partial charge >= 0.3 is 0 Å². The van der Waals surface area contributed by atoms with Gasteiger partial charge in [0.25, 0.3) is 0 Å². The molecule has 0 saturated heterocycles. The summed E-state index contributed by atoms with van der Waals surface area (Å²) in [4.78, 5) is 11.9. The molecule has 0 aromatic heterocycles. The van der Waals surface area contributed by atoms with Gasteiger partial charge in [-0.25, -0.2) is 0 Å². The predicted octanol–water partition coefficient (Wildman–Crippen LogP) is 2.22. The molecule has 2 aromatic rings. The smallest absolute Gasteiger partial charge is 0.231 e. The second-order valence-electron chi connectivity index (χ2n) is 5.74. The zero-order chi connectivity index (χ0) is 17.5. The van der Waals surface area contributed by atoms with Gasteiger partial charge in [0.05, 0.1) is 7.11 Å². The molecule has 1 aliphatic rings. The molecule has 0 atom stereocenters. The van der Waals surface area contributed by atoms with E-state index < -0.39 is 0 Å². The van der Waals surface area contributed by atoms with Gasteiger partial charge in [0.2, 0.25) is 12.7 Å². The molecule has 1 amide bonds. The van der Waals surface area contributed by atoms with Crippen LogP contribution in [0.5, 0.6) is 17.2 Å². The summed E-state index contributed by atoms with van der Waals surface area (Å²) in [6.45, 7) is 2.08. The number of ether oxygens (including phenoxy) is 3. The van der Waals surface area contributed by atoms with E-state index in [2.05, 4.69) is 10.6 Å². The minimum atomic E-state index is 0.0138. The van der Waals surface area contributed by atoms with E-state index in [9.17, 15) is 4.79 Å². The van der Waals surface area contributed by atoms with Gasteiger partial charge in [-0.2, -0.15) is 0 Å². The molecule has 0 fully saturated rings. The van der Waals surface area contributed by atoms with Crippen LogP contribution in [-0.2, 0) is 17.9 Å². The van der Waals surface area contributed by atoms with Crippen LogP contribution in [0.25, 0.3) is 0 Å². The van der Waals surface area contributed by atoms with Crippen molar-refractivity contribution in [1.29, 1.82) is 0 Å². The van der Waals surface area contributed by atoms with Crippen molar-refractivity contribution >= 4 is 5.91 Å². The standard InChI is InChI=1S/C19H22N2O4/c1-23-16-5-2-14(3-6-16)11-20-9-8-19(22)21-12-15-4-7-17-18(10-15)25-13-24-17/h2-7,10,20H,8-9,11-13H2,1H3,(H,21,22). The van der Waals surface area contributed by atoms with Crippen LogP contribution in [0.2, 0.25) is 0 Å². The normalized spacial score (nSPS) is 12.0. The van der Waals surface area contributed by atoms with Crippen LogP contribution in [0.4, 0.5) is 0 Å². The molecule has 6 heteroatoms. The summed E-state index contributed by atoms with van der Waals surface area (Å²) < 4.78 is 15.7. The molecule has 0 unspecified atom stereocenters. The number of amides is 1. The second kappa shape index (κ2) is 8.39. The lowest BCUT2D eigenvalue weighted by Gasteiger charge is -2.08. The Morgan fingerprint density at radius 1 is 1.04 bits per heavy atom. The van der Waals surface area contributed by atoms with Gasteiger partial charge in [-0.15, -0.1) is 0 Å². The third-order valence-corrected chi connectivity index (χ3v) is 3.94. The molecular formula is C19H22N2O4. The molecule has 1 aliphatic heterocycles. The molecule has 0 saturated carbocycles. The fraction of sp³-hybridized carbons (Fsp3) is 0.316. The van der Waals surface area contributed by atoms with Crippen molar-refractivity contribution in [3.63, 3.8) is 0 Å². The summed E-state index contributed by atoms with van der Waals surface area (Å²) in [5.74, 6) is 2.33. The molecule has 1 heterocycles. The molecule has 0 bridgehead atoms. The van der Waals surface area contributed by atoms with Gasteiger partial charge in [0.15, 0.2) is 11.5 Å². The van der Waals surface area contributed by atoms with E-state index in [1.165, 1.54) is 0 Å². The third-order valence-electron chi connectivity index (χ3n) is 3.94. The van der Waals surface area contributed by atoms with E-state index in [0.29, 0.717) is 19.5 Å². The van der Waals surface area contributed by atoms with Gasteiger partial charge < -0.3 is 24.8 Å². The van der Waals surface area contributed by atoms with Gasteiger partial charge in [0, 0.05) is 26.1 Å². The van der Waals surface area contributed by atoms with Gasteiger partial charge in [-0.1, -0.05) is 18.2 Å². The molecular weight excluding hydrogens is 320 g/mol. The molecule has 3 rings (SSSR count). The monoisotopic (exact) mass is 342 g/mol. The first-order valence-corrected chi connectivity index (χ1v) is 8.23. The molecule has 6 nitrogen and oxygen atoms in total. The topological polar surface area (TPSA) is 68.8 Å². The highest BCUT2D eigenvalue weighted by atomic mass is 16.7. The lowest BCUT2D eigenvalue weighted by Crippen LogP contribution is -2.27. The fourth-order valence-corrected chi connectivity index (χ4v) is 2.52. The Labute approximate surface area is 147 Å². The number of nitrogens with one attached hydrogen (secondary N) is 2. The molecule has 0 aliphatic carbocycles. The van der Waals surface area contributed by atoms with Crippen LogP contribution in [0, 0.1) is 0 Å². The first-order valence-electron chi connectivity index (χ1n) is 8.23. The first-order chi connectivity index (χ1) is 12.2. The number of methoxy groups -OCH3 is 1. The highest BCUT2D eigenvalue weighted by Gasteiger charge is 2.13. The summed E-state index contributed by atoms with van der Waals surface area (Å²) >= 11 is 0. The number of hydrogen-bond acceptors (Lipinski definition) is 5. The molecule has 0 spiro atoms. The van der Waals surface area contributed by atoms with Crippen molar-refractivity contribution < 1.29 is 19.0 Å². The third kappa shape index (κ3) is 4.87. The summed E-state index contributed by atoms with van der Waals surface area (Å²) in [5, 5.41) is 6.18. The minimum absolute atomic E-state index is 0.0138. The van der Waals surface area contributed by atoms with Crippen LogP contribution in [0.15, 0.2) is 42.5 Å². The Bertz CT molecular complexity index is 716. The number of carbonyl (C=O) groups is 1. The number of carbonyl (C=O) groups excluding carboxylic acids is 1. The van der Waals surface area contributed by atoms with Gasteiger partial charge in [-0.3, -0.25) is 4.79 Å². The lowest BCUT2D eigenvalue weighted by molar-refractivity contribution is -0.121. The minimum Gasteiger partial charge on any atom is -0.497 e. The van der Waals surface area contributed by atoms with E-state index >= 15 is 0 Å². The highest BCUT2D eigenvalue weighted by Crippen LogP contribution is 2.32. The van der Waals surface area contributed by atoms with Crippen molar-refractivity contribution in [2.45, 2.75) is 19.5 Å². The zero-order valence-corrected chi connectivity index (χ0v) is 14.2. The zero-order valence-electron chi connectivity index (χ0n) is 14.2. The number of hydrogen-bond donors (Lipinski definition) is 2. The maximum Gasteiger partial charge on any atom is 0.231 e. The number of rotatable bonds is 8. The lowest BCUT2D eigenvalue weighted by atomic mass is 10.2. The highest BCUT2D eigenvalue weighted by molar-refractivity contribution is 5.76. The summed E-state index contributed by atoms with van der Waals surface area (Å²) in [6.07, 6.45) is 0.431. The predicted molar refractivity (Wildman–Crippen MR) is 93.7 cm³/mol. The Morgan fingerprint density at radius 2 is 1.80 bits per heavy atom. The average molecular weight is 342 g/mol. The Morgan fingerprint density at radius 3 is 2.60 bits per heavy atom. The van der Waals surface area contributed by atoms with Crippen LogP contribution < -0.4 is 24.8 Å². The van der Waals surface area contributed by atoms with Gasteiger partial charge in [-0.05, 0) is 35.4 Å². The van der Waals surface area contributed by atoms with Crippen molar-refractivity contribution in [1.82, 2.24) is 10.6 Å². The van der Waals surface area contributed by atoms with E-state index in [4.69, 9.17) is 14.2 Å². The maximum atomic E-state index is 11.9. The van der Waals surface area contributed by atoms with E-state index in [-0.39, 0.29) is 12.7 Å². The molecule has 25 heavy (non-hydrogen) atoms. The maximum absolute atomic E-state index is 11.9. The van der Waals surface area contributed by atoms with Crippen LogP contribution in [0.1, 0.15) is 17.5 Å². The summed E-state index contributed by atoms with van der Waals surface area (Å²) in [6, 6.07) is 13.5. The molecule has 2 N–H and O–H groups in total. The fourth-order valence-electron chi connectivity index (χ4n) is 2.52. The molecule has 0 radical (unpaired) electrons. The quantitative estimate of drug-likeness (QED) is 0.720. The van der Waals surface area contributed by atoms with Crippen LogP contribution in [-0.4, -0.2) is 26.4 Å². The van der Waals surface area contributed by atoms with Crippen LogP contribution >= 0.6 is 0 Å². The Kier molecular flexibility index (Phi) is 5.74. The summed E-state index contributed by atoms with van der Waals surface area (Å²) in [5.41, 5.74) is 2.14. The van der Waals surface area contributed by atoms with Crippen LogP contribution in [0.3, 0.4) is 0 Å². The van der Waals surface area contributed by atoms with Crippen molar-refractivity contribution in [2.24, 2.45) is 0 Å². The van der Waals surface area contributed by atoms with Crippen molar-refractivity contribution in [3.05, 3.63) is 53.6 Å². The Balaban J connectivity index is 1.34. The molecule has 2 aromatic carbocycles. The molecule has 132 valence electrons. The largest absolute Gasteiger partial charge is 0.497 e. The van der Waals surface area contributed by atoms with Gasteiger partial charge in [0.1, 0.15) is 5.75 Å². The van der Waals surface area contributed by atoms with Crippen molar-refractivity contribution in [2.75, 3.05) is 20.4 Å². The van der Waals surface area contributed by atoms with E-state index in [1.807, 2.05) is 42.5 Å². The first kappa shape index (κ1) is 17.1. The van der Waals surface area contributed by atoms with Crippen molar-refractivity contribution in [3.8, 4) is 17.2 Å². The number of fused-ring (bicyclic) bond motifs is 1. The average Bonchev–Trinajstić information content (AvgIpc) is 3.12. The summed E-state index contributed by atoms with van der Waals surface area (Å²) in [7, 11) is 1.65. The van der Waals surface area contributed by atoms with E-state index in [0.717, 1.165) is 34.9 Å². The number of benzene rings is 2.